The molecule has 1 atom stereocenters. The molecule has 1 unspecified atom stereocenters. The van der Waals surface area contributed by atoms with Gasteiger partial charge in [0.25, 0.3) is 0 Å². The Kier molecular flexibility index (Phi) is 3.20. The van der Waals surface area contributed by atoms with Gasteiger partial charge in [-0.05, 0) is 6.92 Å². The monoisotopic (exact) mass is 134 g/mol. The average Bonchev–Trinajstić information content (AvgIpc) is 1.65. The highest BCUT2D eigenvalue weighted by Gasteiger charge is 1.91. The summed E-state index contributed by atoms with van der Waals surface area (Å²) in [7, 11) is 1.78. The standard InChI is InChI=1S/C4H7O3P/c1-3(5)2-4(6)7-8/h2,5H,8H2,1H3/b3-2-. The maximum absolute atomic E-state index is 10.1. The first-order chi connectivity index (χ1) is 3.66. The summed E-state index contributed by atoms with van der Waals surface area (Å²) >= 11 is 0. The van der Waals surface area contributed by atoms with Crippen LogP contribution in [0.15, 0.2) is 11.8 Å². The van der Waals surface area contributed by atoms with Crippen molar-refractivity contribution in [2.75, 3.05) is 0 Å². The van der Waals surface area contributed by atoms with E-state index in [4.69, 9.17) is 5.11 Å². The fourth-order valence-corrected chi connectivity index (χ4v) is 0.273. The van der Waals surface area contributed by atoms with E-state index in [9.17, 15) is 4.79 Å². The molecule has 3 nitrogen and oxygen atoms in total. The van der Waals surface area contributed by atoms with Crippen LogP contribution >= 0.6 is 9.47 Å². The highest BCUT2D eigenvalue weighted by atomic mass is 31.0. The van der Waals surface area contributed by atoms with Crippen LogP contribution in [0.2, 0.25) is 0 Å². The minimum atomic E-state index is -0.574. The van der Waals surface area contributed by atoms with Crippen LogP contribution in [-0.4, -0.2) is 11.1 Å². The van der Waals surface area contributed by atoms with Gasteiger partial charge >= 0.3 is 5.97 Å². The molecule has 0 aliphatic carbocycles. The zero-order valence-corrected chi connectivity index (χ0v) is 5.57. The summed E-state index contributed by atoms with van der Waals surface area (Å²) < 4.78 is 4.10. The van der Waals surface area contributed by atoms with E-state index >= 15 is 0 Å². The molecule has 0 aliphatic heterocycles. The molecule has 0 aliphatic rings. The second-order valence-electron chi connectivity index (χ2n) is 1.22. The zero-order valence-electron chi connectivity index (χ0n) is 4.42. The van der Waals surface area contributed by atoms with Crippen molar-refractivity contribution in [3.05, 3.63) is 11.8 Å². The summed E-state index contributed by atoms with van der Waals surface area (Å²) in [6.45, 7) is 1.39. The number of aliphatic hydroxyl groups excluding tert-OH is 1. The quantitative estimate of drug-likeness (QED) is 0.327. The first-order valence-corrected chi connectivity index (χ1v) is 2.42. The second-order valence-corrected chi connectivity index (χ2v) is 1.46. The lowest BCUT2D eigenvalue weighted by molar-refractivity contribution is -0.128. The molecule has 0 aromatic rings. The van der Waals surface area contributed by atoms with Crippen LogP contribution in [0.3, 0.4) is 0 Å². The normalized spacial score (nSPS) is 11.0. The van der Waals surface area contributed by atoms with Gasteiger partial charge in [-0.2, -0.15) is 0 Å². The van der Waals surface area contributed by atoms with Gasteiger partial charge in [0.1, 0.15) is 0 Å². The van der Waals surface area contributed by atoms with E-state index in [1.165, 1.54) is 6.92 Å². The lowest BCUT2D eigenvalue weighted by Crippen LogP contribution is -1.90. The summed E-state index contributed by atoms with van der Waals surface area (Å²) in [5.41, 5.74) is 0. The van der Waals surface area contributed by atoms with Crippen molar-refractivity contribution in [2.45, 2.75) is 6.92 Å². The van der Waals surface area contributed by atoms with Crippen LogP contribution in [0.1, 0.15) is 6.92 Å². The maximum Gasteiger partial charge on any atom is 0.336 e. The zero-order chi connectivity index (χ0) is 6.57. The van der Waals surface area contributed by atoms with Gasteiger partial charge < -0.3 is 9.63 Å². The molecular weight excluding hydrogens is 127 g/mol. The first kappa shape index (κ1) is 7.44. The van der Waals surface area contributed by atoms with Crippen LogP contribution in [0.4, 0.5) is 0 Å². The summed E-state index contributed by atoms with van der Waals surface area (Å²) in [6, 6.07) is 0. The smallest absolute Gasteiger partial charge is 0.336 e. The Balaban J connectivity index is 3.70. The van der Waals surface area contributed by atoms with Crippen LogP contribution in [0.25, 0.3) is 0 Å². The van der Waals surface area contributed by atoms with E-state index in [0.717, 1.165) is 6.08 Å². The molecule has 0 rings (SSSR count). The topological polar surface area (TPSA) is 46.5 Å². The highest BCUT2D eigenvalue weighted by molar-refractivity contribution is 7.10. The Labute approximate surface area is 49.6 Å². The van der Waals surface area contributed by atoms with Crippen LogP contribution in [0.5, 0.6) is 0 Å². The fourth-order valence-electron chi connectivity index (χ4n) is 0.205. The van der Waals surface area contributed by atoms with Gasteiger partial charge in [-0.3, -0.25) is 0 Å². The van der Waals surface area contributed by atoms with Crippen LogP contribution in [0, 0.1) is 0 Å². The van der Waals surface area contributed by atoms with E-state index in [2.05, 4.69) is 4.52 Å². The van der Waals surface area contributed by atoms with E-state index in [1.807, 2.05) is 0 Å². The summed E-state index contributed by atoms with van der Waals surface area (Å²) in [5.74, 6) is -0.632. The number of rotatable bonds is 1. The molecule has 0 aromatic heterocycles. The summed E-state index contributed by atoms with van der Waals surface area (Å²) in [4.78, 5) is 10.1. The molecule has 0 bridgehead atoms. The number of carbonyl (C=O) groups excluding carboxylic acids is 1. The van der Waals surface area contributed by atoms with Gasteiger partial charge in [-0.1, -0.05) is 0 Å². The number of aliphatic hydroxyl groups is 1. The third-order valence-corrected chi connectivity index (χ3v) is 0.675. The minimum Gasteiger partial charge on any atom is -0.512 e. The molecule has 0 heterocycles. The molecular formula is C4H7O3P. The molecule has 4 heteroatoms. The maximum atomic E-state index is 10.1. The Morgan fingerprint density at radius 3 is 2.50 bits per heavy atom. The number of hydrogen-bond acceptors (Lipinski definition) is 3. The van der Waals surface area contributed by atoms with Gasteiger partial charge in [0, 0.05) is 0 Å². The van der Waals surface area contributed by atoms with Crippen molar-refractivity contribution in [2.24, 2.45) is 0 Å². The Morgan fingerprint density at radius 1 is 1.88 bits per heavy atom. The predicted octanol–water partition coefficient (Wildman–Crippen LogP) is 0.781. The van der Waals surface area contributed by atoms with E-state index in [1.54, 1.807) is 9.47 Å². The molecule has 0 saturated heterocycles. The van der Waals surface area contributed by atoms with Crippen molar-refractivity contribution >= 4 is 15.4 Å². The molecule has 0 amide bonds. The van der Waals surface area contributed by atoms with Gasteiger partial charge in [-0.25, -0.2) is 4.79 Å². The fraction of sp³-hybridized carbons (Fsp3) is 0.250. The van der Waals surface area contributed by atoms with Crippen molar-refractivity contribution < 1.29 is 14.4 Å². The molecule has 0 fully saturated rings. The summed E-state index contributed by atoms with van der Waals surface area (Å²) in [5, 5.41) is 8.40. The Morgan fingerprint density at radius 2 is 2.38 bits per heavy atom. The predicted molar refractivity (Wildman–Crippen MR) is 32.2 cm³/mol. The molecule has 1 N–H and O–H groups in total. The number of hydrogen-bond donors (Lipinski definition) is 1. The molecule has 8 heavy (non-hydrogen) atoms. The van der Waals surface area contributed by atoms with Crippen molar-refractivity contribution in [1.29, 1.82) is 0 Å². The van der Waals surface area contributed by atoms with E-state index in [-0.39, 0.29) is 5.76 Å². The molecule has 0 radical (unpaired) electrons. The lowest BCUT2D eigenvalue weighted by Gasteiger charge is -1.88. The summed E-state index contributed by atoms with van der Waals surface area (Å²) in [6.07, 6.45) is 0.979. The second kappa shape index (κ2) is 3.44. The molecule has 0 saturated carbocycles. The third-order valence-electron chi connectivity index (χ3n) is 0.443. The lowest BCUT2D eigenvalue weighted by atomic mass is 10.5. The van der Waals surface area contributed by atoms with E-state index < -0.39 is 5.97 Å². The molecule has 46 valence electrons. The van der Waals surface area contributed by atoms with Crippen LogP contribution < -0.4 is 0 Å². The number of carbonyl (C=O) groups is 1. The SMILES string of the molecule is C/C(O)=C/C(=O)OP. The van der Waals surface area contributed by atoms with Crippen molar-refractivity contribution in [3.63, 3.8) is 0 Å². The highest BCUT2D eigenvalue weighted by Crippen LogP contribution is 1.91. The van der Waals surface area contributed by atoms with Gasteiger partial charge in [-0.15, -0.1) is 0 Å². The number of allylic oxidation sites excluding steroid dienone is 1. The molecule has 0 aromatic carbocycles. The average molecular weight is 134 g/mol. The largest absolute Gasteiger partial charge is 0.512 e. The minimum absolute atomic E-state index is 0.0579. The molecule has 0 spiro atoms. The van der Waals surface area contributed by atoms with Crippen molar-refractivity contribution in [1.82, 2.24) is 0 Å². The van der Waals surface area contributed by atoms with Crippen LogP contribution in [-0.2, 0) is 9.32 Å². The Bertz CT molecular complexity index is 114. The van der Waals surface area contributed by atoms with Gasteiger partial charge in [0.05, 0.1) is 21.3 Å². The third kappa shape index (κ3) is 3.62. The Hall–Kier alpha value is -0.560. The van der Waals surface area contributed by atoms with Gasteiger partial charge in [0.15, 0.2) is 0 Å². The first-order valence-electron chi connectivity index (χ1n) is 1.94. The van der Waals surface area contributed by atoms with Gasteiger partial charge in [0.2, 0.25) is 0 Å². The van der Waals surface area contributed by atoms with E-state index in [0.29, 0.717) is 0 Å². The van der Waals surface area contributed by atoms with Crippen molar-refractivity contribution in [3.8, 4) is 0 Å².